The van der Waals surface area contributed by atoms with E-state index in [1.165, 1.54) is 17.0 Å². The van der Waals surface area contributed by atoms with Crippen LogP contribution in [0.25, 0.3) is 0 Å². The number of nitrogens with zero attached hydrogens (tertiary/aromatic N) is 1. The molecule has 2 aliphatic rings. The van der Waals surface area contributed by atoms with Crippen LogP contribution in [-0.2, 0) is 25.5 Å². The number of rotatable bonds is 6. The zero-order chi connectivity index (χ0) is 22.7. The highest BCUT2D eigenvalue weighted by Crippen LogP contribution is 2.40. The van der Waals surface area contributed by atoms with Gasteiger partial charge in [0.2, 0.25) is 11.8 Å². The molecule has 2 fully saturated rings. The summed E-state index contributed by atoms with van der Waals surface area (Å²) in [6.45, 7) is 1.61. The highest BCUT2D eigenvalue weighted by Gasteiger charge is 2.48. The second-order valence-electron chi connectivity index (χ2n) is 8.23. The number of carbonyl (C=O) groups excluding carboxylic acids is 4. The number of imide groups is 1. The number of carbonyl (C=O) groups is 4. The Balaban J connectivity index is 1.38. The van der Waals surface area contributed by atoms with Gasteiger partial charge in [-0.15, -0.1) is 0 Å². The first-order chi connectivity index (χ1) is 15.5. The molecule has 1 heterocycles. The molecule has 2 atom stereocenters. The van der Waals surface area contributed by atoms with Crippen molar-refractivity contribution in [2.24, 2.45) is 11.8 Å². The summed E-state index contributed by atoms with van der Waals surface area (Å²) in [6.07, 6.45) is 4.25. The molecule has 0 unspecified atom stereocenters. The summed E-state index contributed by atoms with van der Waals surface area (Å²) in [5, 5.41) is 2.68. The van der Waals surface area contributed by atoms with Crippen LogP contribution in [0.4, 0.5) is 11.4 Å². The average molecular weight is 434 g/mol. The van der Waals surface area contributed by atoms with Gasteiger partial charge in [0.1, 0.15) is 0 Å². The molecule has 0 spiro atoms. The van der Waals surface area contributed by atoms with Crippen LogP contribution in [0, 0.1) is 11.8 Å². The monoisotopic (exact) mass is 434 g/mol. The van der Waals surface area contributed by atoms with E-state index in [0.29, 0.717) is 11.4 Å². The van der Waals surface area contributed by atoms with Crippen LogP contribution >= 0.6 is 0 Å². The number of esters is 1. The fourth-order valence-corrected chi connectivity index (χ4v) is 4.42. The molecule has 2 aromatic carbocycles. The minimum atomic E-state index is -0.695. The maximum Gasteiger partial charge on any atom is 0.338 e. The smallest absolute Gasteiger partial charge is 0.338 e. The first-order valence-electron chi connectivity index (χ1n) is 11.0. The fourth-order valence-electron chi connectivity index (χ4n) is 4.42. The lowest BCUT2D eigenvalue weighted by Crippen LogP contribution is -2.31. The number of fused-ring (bicyclic) bond motifs is 1. The minimum absolute atomic E-state index is 0.179. The van der Waals surface area contributed by atoms with Crippen molar-refractivity contribution in [2.45, 2.75) is 39.0 Å². The van der Waals surface area contributed by atoms with E-state index in [0.717, 1.165) is 37.7 Å². The molecule has 1 aliphatic carbocycles. The molecule has 7 heteroatoms. The lowest BCUT2D eigenvalue weighted by atomic mass is 9.81. The number of nitrogens with one attached hydrogen (secondary N) is 1. The number of ether oxygens (including phenoxy) is 1. The lowest BCUT2D eigenvalue weighted by Gasteiger charge is -2.19. The third-order valence-corrected chi connectivity index (χ3v) is 6.16. The van der Waals surface area contributed by atoms with Crippen molar-refractivity contribution in [3.63, 3.8) is 0 Å². The predicted octanol–water partition coefficient (Wildman–Crippen LogP) is 3.72. The molecule has 0 radical (unpaired) electrons. The molecule has 1 saturated heterocycles. The molecule has 1 aliphatic heterocycles. The normalized spacial score (nSPS) is 20.1. The van der Waals surface area contributed by atoms with Crippen molar-refractivity contribution in [3.05, 3.63) is 59.7 Å². The summed E-state index contributed by atoms with van der Waals surface area (Å²) in [4.78, 5) is 51.4. The Kier molecular flexibility index (Phi) is 6.35. The molecule has 1 saturated carbocycles. The van der Waals surface area contributed by atoms with Gasteiger partial charge in [0.15, 0.2) is 6.61 Å². The first-order valence-corrected chi connectivity index (χ1v) is 11.0. The summed E-state index contributed by atoms with van der Waals surface area (Å²) >= 11 is 0. The predicted molar refractivity (Wildman–Crippen MR) is 119 cm³/mol. The molecule has 7 nitrogen and oxygen atoms in total. The van der Waals surface area contributed by atoms with Crippen molar-refractivity contribution >= 4 is 35.1 Å². The van der Waals surface area contributed by atoms with Crippen molar-refractivity contribution in [2.75, 3.05) is 16.8 Å². The quantitative estimate of drug-likeness (QED) is 0.553. The molecule has 1 N–H and O–H groups in total. The molecule has 0 bridgehead atoms. The van der Waals surface area contributed by atoms with E-state index in [2.05, 4.69) is 5.32 Å². The Hall–Kier alpha value is -3.48. The summed E-state index contributed by atoms with van der Waals surface area (Å²) in [5.41, 5.74) is 2.32. The van der Waals surface area contributed by atoms with Crippen LogP contribution in [0.1, 0.15) is 48.5 Å². The standard InChI is InChI=1S/C25H26N2O5/c1-2-16-10-12-18(13-11-16)26-22(28)15-32-25(31)17-6-5-7-19(14-17)27-23(29)20-8-3-4-9-21(20)24(27)30/h5-7,10-14,20-21H,2-4,8-9,15H2,1H3,(H,26,28)/t20-,21+. The van der Waals surface area contributed by atoms with Gasteiger partial charge in [-0.1, -0.05) is 38.0 Å². The Morgan fingerprint density at radius 1 is 1.00 bits per heavy atom. The van der Waals surface area contributed by atoms with Gasteiger partial charge in [0, 0.05) is 5.69 Å². The Morgan fingerprint density at radius 2 is 1.66 bits per heavy atom. The van der Waals surface area contributed by atoms with E-state index in [-0.39, 0.29) is 29.2 Å². The summed E-state index contributed by atoms with van der Waals surface area (Å²) in [7, 11) is 0. The molecule has 4 rings (SSSR count). The van der Waals surface area contributed by atoms with Gasteiger partial charge in [0.25, 0.3) is 5.91 Å². The van der Waals surface area contributed by atoms with Crippen LogP contribution in [0.15, 0.2) is 48.5 Å². The van der Waals surface area contributed by atoms with Crippen LogP contribution in [0.2, 0.25) is 0 Å². The van der Waals surface area contributed by atoms with Gasteiger partial charge in [-0.25, -0.2) is 4.79 Å². The molecule has 0 aromatic heterocycles. The van der Waals surface area contributed by atoms with E-state index in [4.69, 9.17) is 4.74 Å². The van der Waals surface area contributed by atoms with E-state index >= 15 is 0 Å². The number of aryl methyl sites for hydroxylation is 1. The Bertz CT molecular complexity index is 1020. The number of hydrogen-bond donors (Lipinski definition) is 1. The Morgan fingerprint density at radius 3 is 2.28 bits per heavy atom. The van der Waals surface area contributed by atoms with Gasteiger partial charge >= 0.3 is 5.97 Å². The lowest BCUT2D eigenvalue weighted by molar-refractivity contribution is -0.122. The second kappa shape index (κ2) is 9.34. The zero-order valence-corrected chi connectivity index (χ0v) is 18.0. The molecule has 166 valence electrons. The average Bonchev–Trinajstić information content (AvgIpc) is 3.08. The van der Waals surface area contributed by atoms with E-state index in [9.17, 15) is 19.2 Å². The topological polar surface area (TPSA) is 92.8 Å². The number of amides is 3. The number of benzene rings is 2. The van der Waals surface area contributed by atoms with Gasteiger partial charge in [0.05, 0.1) is 23.1 Å². The van der Waals surface area contributed by atoms with Gasteiger partial charge in [-0.05, 0) is 55.2 Å². The highest BCUT2D eigenvalue weighted by molar-refractivity contribution is 6.22. The van der Waals surface area contributed by atoms with Gasteiger partial charge < -0.3 is 10.1 Å². The maximum absolute atomic E-state index is 12.8. The molecular formula is C25H26N2O5. The number of anilines is 2. The summed E-state index contributed by atoms with van der Waals surface area (Å²) < 4.78 is 5.13. The molecular weight excluding hydrogens is 408 g/mol. The van der Waals surface area contributed by atoms with Crippen molar-refractivity contribution in [3.8, 4) is 0 Å². The van der Waals surface area contributed by atoms with E-state index in [1.807, 2.05) is 19.1 Å². The minimum Gasteiger partial charge on any atom is -0.452 e. The largest absolute Gasteiger partial charge is 0.452 e. The summed E-state index contributed by atoms with van der Waals surface area (Å²) in [5.74, 6) is -2.06. The van der Waals surface area contributed by atoms with Crippen molar-refractivity contribution in [1.29, 1.82) is 0 Å². The van der Waals surface area contributed by atoms with Crippen LogP contribution < -0.4 is 10.2 Å². The first kappa shape index (κ1) is 21.7. The third kappa shape index (κ3) is 4.42. The molecule has 3 amide bonds. The molecule has 32 heavy (non-hydrogen) atoms. The van der Waals surface area contributed by atoms with Crippen LogP contribution in [0.3, 0.4) is 0 Å². The van der Waals surface area contributed by atoms with Gasteiger partial charge in [-0.3, -0.25) is 19.3 Å². The van der Waals surface area contributed by atoms with Crippen LogP contribution in [-0.4, -0.2) is 30.3 Å². The third-order valence-electron chi connectivity index (χ3n) is 6.16. The second-order valence-corrected chi connectivity index (χ2v) is 8.23. The SMILES string of the molecule is CCc1ccc(NC(=O)COC(=O)c2cccc(N3C(=O)[C@H]4CCCC[C@H]4C3=O)c2)cc1. The maximum atomic E-state index is 12.8. The highest BCUT2D eigenvalue weighted by atomic mass is 16.5. The summed E-state index contributed by atoms with van der Waals surface area (Å²) in [6, 6.07) is 13.7. The van der Waals surface area contributed by atoms with Gasteiger partial charge in [-0.2, -0.15) is 0 Å². The van der Waals surface area contributed by atoms with E-state index in [1.54, 1.807) is 24.3 Å². The van der Waals surface area contributed by atoms with Crippen molar-refractivity contribution < 1.29 is 23.9 Å². The fraction of sp³-hybridized carbons (Fsp3) is 0.360. The van der Waals surface area contributed by atoms with Crippen molar-refractivity contribution in [1.82, 2.24) is 0 Å². The van der Waals surface area contributed by atoms with Crippen LogP contribution in [0.5, 0.6) is 0 Å². The number of hydrogen-bond acceptors (Lipinski definition) is 5. The molecule has 2 aromatic rings. The zero-order valence-electron chi connectivity index (χ0n) is 18.0. The van der Waals surface area contributed by atoms with E-state index < -0.39 is 18.5 Å². The Labute approximate surface area is 186 Å².